The van der Waals surface area contributed by atoms with Gasteiger partial charge in [0.2, 0.25) is 10.0 Å². The largest absolute Gasteiger partial charge is 0.495 e. The lowest BCUT2D eigenvalue weighted by Gasteiger charge is -2.16. The summed E-state index contributed by atoms with van der Waals surface area (Å²) in [6, 6.07) is 6.31. The molecule has 1 aromatic carbocycles. The third-order valence-corrected chi connectivity index (χ3v) is 4.60. The first-order valence-electron chi connectivity index (χ1n) is 5.67. The predicted octanol–water partition coefficient (Wildman–Crippen LogP) is 2.43. The number of sulfonamides is 1. The van der Waals surface area contributed by atoms with Gasteiger partial charge in [0, 0.05) is 10.5 Å². The molecule has 0 aromatic heterocycles. The molecule has 5 nitrogen and oxygen atoms in total. The number of ether oxygens (including phenoxy) is 1. The van der Waals surface area contributed by atoms with Crippen LogP contribution in [0.25, 0.3) is 0 Å². The van der Waals surface area contributed by atoms with Crippen LogP contribution in [0, 0.1) is 11.3 Å². The quantitative estimate of drug-likeness (QED) is 0.857. The number of nitrogens with one attached hydrogen (secondary N) is 1. The molecule has 0 bridgehead atoms. The molecule has 1 rings (SSSR count). The van der Waals surface area contributed by atoms with Gasteiger partial charge in [-0.25, -0.2) is 13.1 Å². The van der Waals surface area contributed by atoms with Crippen molar-refractivity contribution in [1.82, 2.24) is 4.72 Å². The zero-order chi connectivity index (χ0) is 14.5. The van der Waals surface area contributed by atoms with Gasteiger partial charge in [0.05, 0.1) is 19.6 Å². The lowest BCUT2D eigenvalue weighted by atomic mass is 10.2. The Balaban J connectivity index is 3.13. The molecule has 1 N–H and O–H groups in total. The van der Waals surface area contributed by atoms with E-state index in [1.165, 1.54) is 13.2 Å². The highest BCUT2D eigenvalue weighted by atomic mass is 79.9. The molecular weight excluding hydrogens is 332 g/mol. The van der Waals surface area contributed by atoms with Crippen LogP contribution >= 0.6 is 15.9 Å². The number of nitriles is 1. The molecule has 0 spiro atoms. The van der Waals surface area contributed by atoms with Crippen LogP contribution in [0.15, 0.2) is 27.6 Å². The van der Waals surface area contributed by atoms with Crippen LogP contribution in [0.2, 0.25) is 0 Å². The molecule has 0 aliphatic carbocycles. The molecule has 0 amide bonds. The van der Waals surface area contributed by atoms with Gasteiger partial charge < -0.3 is 4.74 Å². The van der Waals surface area contributed by atoms with Crippen molar-refractivity contribution in [3.63, 3.8) is 0 Å². The molecule has 0 aliphatic rings. The summed E-state index contributed by atoms with van der Waals surface area (Å²) in [6.45, 7) is 1.82. The molecule has 19 heavy (non-hydrogen) atoms. The van der Waals surface area contributed by atoms with E-state index < -0.39 is 16.1 Å². The van der Waals surface area contributed by atoms with Crippen molar-refractivity contribution in [2.75, 3.05) is 7.11 Å². The summed E-state index contributed by atoms with van der Waals surface area (Å²) in [6.07, 6.45) is 0.676. The molecule has 1 unspecified atom stereocenters. The van der Waals surface area contributed by atoms with E-state index >= 15 is 0 Å². The Hall–Kier alpha value is -1.10. The van der Waals surface area contributed by atoms with Crippen LogP contribution in [0.4, 0.5) is 0 Å². The second-order valence-electron chi connectivity index (χ2n) is 3.88. The zero-order valence-corrected chi connectivity index (χ0v) is 13.1. The van der Waals surface area contributed by atoms with E-state index in [-0.39, 0.29) is 17.1 Å². The van der Waals surface area contributed by atoms with Crippen LogP contribution in [-0.2, 0) is 10.0 Å². The number of methoxy groups -OCH3 is 1. The minimum Gasteiger partial charge on any atom is -0.495 e. The average molecular weight is 347 g/mol. The van der Waals surface area contributed by atoms with Gasteiger partial charge in [0.25, 0.3) is 0 Å². The average Bonchev–Trinajstić information content (AvgIpc) is 2.38. The first-order chi connectivity index (χ1) is 8.94. The highest BCUT2D eigenvalue weighted by Gasteiger charge is 2.23. The summed E-state index contributed by atoms with van der Waals surface area (Å²) in [5.74, 6) is 0.266. The summed E-state index contributed by atoms with van der Waals surface area (Å²) in [5, 5.41) is 8.66. The van der Waals surface area contributed by atoms with Crippen molar-refractivity contribution < 1.29 is 13.2 Å². The Labute approximate surface area is 121 Å². The zero-order valence-electron chi connectivity index (χ0n) is 10.7. The van der Waals surface area contributed by atoms with Crippen LogP contribution in [0.1, 0.15) is 19.8 Å². The molecule has 0 saturated heterocycles. The van der Waals surface area contributed by atoms with E-state index in [1.54, 1.807) is 12.1 Å². The first kappa shape index (κ1) is 16.0. The fourth-order valence-electron chi connectivity index (χ4n) is 1.52. The Morgan fingerprint density at radius 2 is 2.21 bits per heavy atom. The van der Waals surface area contributed by atoms with Crippen molar-refractivity contribution >= 4 is 26.0 Å². The third-order valence-electron chi connectivity index (χ3n) is 2.57. The predicted molar refractivity (Wildman–Crippen MR) is 75.3 cm³/mol. The van der Waals surface area contributed by atoms with Crippen LogP contribution in [0.3, 0.4) is 0 Å². The van der Waals surface area contributed by atoms with E-state index in [0.29, 0.717) is 10.9 Å². The highest BCUT2D eigenvalue weighted by Crippen LogP contribution is 2.27. The van der Waals surface area contributed by atoms with Gasteiger partial charge in [-0.15, -0.1) is 0 Å². The maximum Gasteiger partial charge on any atom is 0.244 e. The number of benzene rings is 1. The smallest absolute Gasteiger partial charge is 0.244 e. The molecule has 1 aromatic rings. The first-order valence-corrected chi connectivity index (χ1v) is 7.95. The van der Waals surface area contributed by atoms with Gasteiger partial charge in [0.15, 0.2) is 0 Å². The van der Waals surface area contributed by atoms with E-state index in [2.05, 4.69) is 20.7 Å². The summed E-state index contributed by atoms with van der Waals surface area (Å²) < 4.78 is 32.8. The van der Waals surface area contributed by atoms with Gasteiger partial charge in [-0.1, -0.05) is 22.9 Å². The number of halogens is 1. The molecule has 0 fully saturated rings. The Morgan fingerprint density at radius 3 is 2.74 bits per heavy atom. The molecule has 1 atom stereocenters. The van der Waals surface area contributed by atoms with E-state index in [0.717, 1.165) is 0 Å². The van der Waals surface area contributed by atoms with Crippen molar-refractivity contribution in [2.45, 2.75) is 30.7 Å². The summed E-state index contributed by atoms with van der Waals surface area (Å²) in [4.78, 5) is 0.0563. The standard InChI is InChI=1S/C12H15BrN2O3S/c1-3-10(6-7-14)15-19(16,17)12-8-9(13)4-5-11(12)18-2/h4-5,8,10,15H,3,6H2,1-2H3. The van der Waals surface area contributed by atoms with E-state index in [9.17, 15) is 8.42 Å². The topological polar surface area (TPSA) is 79.2 Å². The van der Waals surface area contributed by atoms with Gasteiger partial charge in [0.1, 0.15) is 10.6 Å². The van der Waals surface area contributed by atoms with Crippen LogP contribution < -0.4 is 9.46 Å². The third kappa shape index (κ3) is 4.20. The fourth-order valence-corrected chi connectivity index (χ4v) is 3.55. The van der Waals surface area contributed by atoms with Crippen LogP contribution in [-0.4, -0.2) is 21.6 Å². The lowest BCUT2D eigenvalue weighted by molar-refractivity contribution is 0.401. The number of rotatable bonds is 6. The van der Waals surface area contributed by atoms with E-state index in [4.69, 9.17) is 10.00 Å². The second kappa shape index (κ2) is 6.89. The SMILES string of the molecule is CCC(CC#N)NS(=O)(=O)c1cc(Br)ccc1OC. The maximum atomic E-state index is 12.3. The lowest BCUT2D eigenvalue weighted by Crippen LogP contribution is -2.34. The normalized spacial score (nSPS) is 12.7. The molecular formula is C12H15BrN2O3S. The van der Waals surface area contributed by atoms with Gasteiger partial charge in [-0.3, -0.25) is 0 Å². The van der Waals surface area contributed by atoms with E-state index in [1.807, 2.05) is 13.0 Å². The molecule has 0 heterocycles. The Kier molecular flexibility index (Phi) is 5.79. The van der Waals surface area contributed by atoms with Gasteiger partial charge >= 0.3 is 0 Å². The summed E-state index contributed by atoms with van der Waals surface area (Å²) >= 11 is 3.23. The van der Waals surface area contributed by atoms with Crippen molar-refractivity contribution in [1.29, 1.82) is 5.26 Å². The molecule has 104 valence electrons. The van der Waals surface area contributed by atoms with Crippen molar-refractivity contribution in [3.05, 3.63) is 22.7 Å². The fraction of sp³-hybridized carbons (Fsp3) is 0.417. The van der Waals surface area contributed by atoms with Gasteiger partial charge in [-0.05, 0) is 24.6 Å². The van der Waals surface area contributed by atoms with Gasteiger partial charge in [-0.2, -0.15) is 5.26 Å². The molecule has 7 heteroatoms. The van der Waals surface area contributed by atoms with Crippen molar-refractivity contribution in [3.8, 4) is 11.8 Å². The number of hydrogen-bond donors (Lipinski definition) is 1. The molecule has 0 radical (unpaired) electrons. The Bertz CT molecular complexity index is 581. The summed E-state index contributed by atoms with van der Waals surface area (Å²) in [5.41, 5.74) is 0. The number of nitrogens with zero attached hydrogens (tertiary/aromatic N) is 1. The van der Waals surface area contributed by atoms with Crippen LogP contribution in [0.5, 0.6) is 5.75 Å². The number of hydrogen-bond acceptors (Lipinski definition) is 4. The van der Waals surface area contributed by atoms with Crippen molar-refractivity contribution in [2.24, 2.45) is 0 Å². The molecule has 0 aliphatic heterocycles. The maximum absolute atomic E-state index is 12.3. The monoisotopic (exact) mass is 346 g/mol. The Morgan fingerprint density at radius 1 is 1.53 bits per heavy atom. The minimum atomic E-state index is -3.72. The summed E-state index contributed by atoms with van der Waals surface area (Å²) in [7, 11) is -2.30. The molecule has 0 saturated carbocycles. The highest BCUT2D eigenvalue weighted by molar-refractivity contribution is 9.10. The minimum absolute atomic E-state index is 0.0563. The second-order valence-corrected chi connectivity index (χ2v) is 6.48.